The molecule has 0 aromatic carbocycles. The predicted molar refractivity (Wildman–Crippen MR) is 134 cm³/mol. The van der Waals surface area contributed by atoms with E-state index in [1.54, 1.807) is 33.1 Å². The zero-order valence-electron chi connectivity index (χ0n) is 20.0. The third kappa shape index (κ3) is 6.65. The standard InChI is InChI=1S/C22H25ClN4O7S2/c1-11-8-36-20-16(19(30)27(20)17(11)21(31)32-6-12(2)23)25-18(29)15(13-9-35-10-24-13)26-33-7-14(28)34-22(3,4)5/h9-10,16,20H,2,6-8H2,1,3-5H3,(H,25,29)/b26-15-/t16?,20-/m1/s1. The maximum Gasteiger partial charge on any atom is 0.355 e. The molecule has 0 spiro atoms. The largest absolute Gasteiger partial charge is 0.457 e. The number of halogens is 1. The number of fused-ring (bicyclic) bond motifs is 1. The summed E-state index contributed by atoms with van der Waals surface area (Å²) in [5, 5.41) is 7.61. The molecule has 1 aromatic heterocycles. The second-order valence-corrected chi connectivity index (χ2v) is 11.1. The highest BCUT2D eigenvalue weighted by atomic mass is 35.5. The van der Waals surface area contributed by atoms with Crippen LogP contribution in [0.25, 0.3) is 0 Å². The second-order valence-electron chi connectivity index (χ2n) is 8.76. The molecule has 0 aliphatic carbocycles. The van der Waals surface area contributed by atoms with Crippen molar-refractivity contribution in [3.8, 4) is 0 Å². The van der Waals surface area contributed by atoms with Gasteiger partial charge in [0.05, 0.1) is 5.51 Å². The monoisotopic (exact) mass is 556 g/mol. The molecule has 2 aliphatic rings. The minimum Gasteiger partial charge on any atom is -0.457 e. The summed E-state index contributed by atoms with van der Waals surface area (Å²) in [6.45, 7) is 9.62. The summed E-state index contributed by atoms with van der Waals surface area (Å²) >= 11 is 8.29. The molecule has 14 heteroatoms. The Morgan fingerprint density at radius 2 is 2.06 bits per heavy atom. The molecule has 3 heterocycles. The average molecular weight is 557 g/mol. The van der Waals surface area contributed by atoms with Crippen LogP contribution in [0.1, 0.15) is 33.4 Å². The van der Waals surface area contributed by atoms with Crippen molar-refractivity contribution in [1.29, 1.82) is 0 Å². The number of ether oxygens (including phenoxy) is 2. The molecule has 36 heavy (non-hydrogen) atoms. The van der Waals surface area contributed by atoms with Crippen LogP contribution in [-0.2, 0) is 33.5 Å². The van der Waals surface area contributed by atoms with E-state index in [-0.39, 0.29) is 28.7 Å². The van der Waals surface area contributed by atoms with Gasteiger partial charge in [-0.2, -0.15) is 0 Å². The number of hydrogen-bond acceptors (Lipinski definition) is 11. The number of oxime groups is 1. The fraction of sp³-hybridized carbons (Fsp3) is 0.455. The molecule has 2 amide bonds. The topological polar surface area (TPSA) is 136 Å². The van der Waals surface area contributed by atoms with Gasteiger partial charge in [-0.15, -0.1) is 23.1 Å². The van der Waals surface area contributed by atoms with Crippen LogP contribution in [0.5, 0.6) is 0 Å². The Morgan fingerprint density at radius 1 is 1.33 bits per heavy atom. The summed E-state index contributed by atoms with van der Waals surface area (Å²) in [5.74, 6) is -2.11. The number of thioether (sulfide) groups is 1. The second kappa shape index (κ2) is 11.4. The fourth-order valence-corrected chi connectivity index (χ4v) is 5.12. The van der Waals surface area contributed by atoms with Gasteiger partial charge in [-0.25, -0.2) is 14.6 Å². The van der Waals surface area contributed by atoms with Crippen molar-refractivity contribution in [2.24, 2.45) is 5.16 Å². The fourth-order valence-electron chi connectivity index (χ4n) is 3.24. The first-order valence-electron chi connectivity index (χ1n) is 10.6. The van der Waals surface area contributed by atoms with Gasteiger partial charge >= 0.3 is 11.9 Å². The van der Waals surface area contributed by atoms with Gasteiger partial charge in [0, 0.05) is 16.2 Å². The molecule has 1 saturated heterocycles. The number of aromatic nitrogens is 1. The molecule has 0 bridgehead atoms. The van der Waals surface area contributed by atoms with Crippen LogP contribution in [0.3, 0.4) is 0 Å². The molecule has 0 radical (unpaired) electrons. The Kier molecular flexibility index (Phi) is 8.80. The summed E-state index contributed by atoms with van der Waals surface area (Å²) in [6, 6.07) is -0.920. The molecular weight excluding hydrogens is 532 g/mol. The third-order valence-electron chi connectivity index (χ3n) is 4.65. The lowest BCUT2D eigenvalue weighted by atomic mass is 10.0. The smallest absolute Gasteiger partial charge is 0.355 e. The number of nitrogens with zero attached hydrogens (tertiary/aromatic N) is 3. The molecule has 2 aliphatic heterocycles. The van der Waals surface area contributed by atoms with Crippen LogP contribution in [0.15, 0.2) is 38.9 Å². The van der Waals surface area contributed by atoms with Gasteiger partial charge in [-0.3, -0.25) is 14.5 Å². The van der Waals surface area contributed by atoms with Crippen LogP contribution >= 0.6 is 34.7 Å². The highest BCUT2D eigenvalue weighted by molar-refractivity contribution is 8.00. The number of rotatable bonds is 9. The molecule has 11 nitrogen and oxygen atoms in total. The first-order chi connectivity index (χ1) is 16.9. The SMILES string of the molecule is C=C(Cl)COC(=O)C1=C(C)CS[C@@H]2C(NC(=O)/C(=N\OCC(=O)OC(C)(C)C)c3cscn3)C(=O)N12. The van der Waals surface area contributed by atoms with Crippen LogP contribution in [0.4, 0.5) is 0 Å². The van der Waals surface area contributed by atoms with E-state index in [1.165, 1.54) is 33.5 Å². The maximum atomic E-state index is 13.0. The number of thiazole rings is 1. The van der Waals surface area contributed by atoms with Gasteiger partial charge in [0.2, 0.25) is 6.61 Å². The van der Waals surface area contributed by atoms with E-state index in [0.717, 1.165) is 0 Å². The summed E-state index contributed by atoms with van der Waals surface area (Å²) in [4.78, 5) is 60.8. The number of carbonyl (C=O) groups is 4. The Morgan fingerprint density at radius 3 is 2.67 bits per heavy atom. The molecule has 1 N–H and O–H groups in total. The Balaban J connectivity index is 1.69. The Hall–Kier alpha value is -2.90. The first-order valence-corrected chi connectivity index (χ1v) is 13.0. The molecule has 2 atom stereocenters. The van der Waals surface area contributed by atoms with Gasteiger partial charge in [-0.1, -0.05) is 23.3 Å². The molecule has 0 saturated carbocycles. The van der Waals surface area contributed by atoms with Crippen LogP contribution in [0.2, 0.25) is 0 Å². The van der Waals surface area contributed by atoms with E-state index in [0.29, 0.717) is 11.3 Å². The van der Waals surface area contributed by atoms with Gasteiger partial charge < -0.3 is 19.6 Å². The normalized spacial score (nSPS) is 19.8. The summed E-state index contributed by atoms with van der Waals surface area (Å²) in [5.41, 5.74) is 1.59. The van der Waals surface area contributed by atoms with Crippen LogP contribution in [0, 0.1) is 0 Å². The number of carbonyl (C=O) groups excluding carboxylic acids is 4. The minimum atomic E-state index is -0.920. The van der Waals surface area contributed by atoms with Crippen LogP contribution in [-0.4, -0.2) is 75.3 Å². The number of β-lactam (4-membered cyclic amide) rings is 1. The average Bonchev–Trinajstić information content (AvgIpc) is 3.31. The van der Waals surface area contributed by atoms with Crippen molar-refractivity contribution in [3.05, 3.63) is 39.5 Å². The van der Waals surface area contributed by atoms with E-state index in [4.69, 9.17) is 25.9 Å². The van der Waals surface area contributed by atoms with Gasteiger partial charge in [0.15, 0.2) is 5.71 Å². The highest BCUT2D eigenvalue weighted by Crippen LogP contribution is 2.40. The van der Waals surface area contributed by atoms with Crippen molar-refractivity contribution >= 4 is 64.2 Å². The van der Waals surface area contributed by atoms with E-state index in [9.17, 15) is 19.2 Å². The molecule has 3 rings (SSSR count). The molecular formula is C22H25ClN4O7S2. The van der Waals surface area contributed by atoms with Gasteiger partial charge in [-0.05, 0) is 33.3 Å². The van der Waals surface area contributed by atoms with Gasteiger partial charge in [0.1, 0.15) is 35.0 Å². The van der Waals surface area contributed by atoms with E-state index >= 15 is 0 Å². The number of amides is 2. The van der Waals surface area contributed by atoms with Crippen molar-refractivity contribution in [3.63, 3.8) is 0 Å². The summed E-state index contributed by atoms with van der Waals surface area (Å²) in [7, 11) is 0. The zero-order chi connectivity index (χ0) is 26.6. The van der Waals surface area contributed by atoms with Crippen molar-refractivity contribution in [1.82, 2.24) is 15.2 Å². The van der Waals surface area contributed by atoms with Crippen molar-refractivity contribution < 1.29 is 33.5 Å². The summed E-state index contributed by atoms with van der Waals surface area (Å²) in [6.07, 6.45) is 0. The number of hydrogen-bond donors (Lipinski definition) is 1. The molecule has 1 unspecified atom stereocenters. The molecule has 194 valence electrons. The van der Waals surface area contributed by atoms with Crippen molar-refractivity contribution in [2.45, 2.75) is 44.7 Å². The van der Waals surface area contributed by atoms with Crippen molar-refractivity contribution in [2.75, 3.05) is 19.0 Å². The lowest BCUT2D eigenvalue weighted by Gasteiger charge is -2.49. The lowest BCUT2D eigenvalue weighted by molar-refractivity contribution is -0.160. The maximum absolute atomic E-state index is 13.0. The molecule has 1 fully saturated rings. The third-order valence-corrected chi connectivity index (χ3v) is 6.77. The summed E-state index contributed by atoms with van der Waals surface area (Å²) < 4.78 is 10.3. The predicted octanol–water partition coefficient (Wildman–Crippen LogP) is 2.18. The number of esters is 2. The molecule has 1 aromatic rings. The van der Waals surface area contributed by atoms with E-state index < -0.39 is 47.4 Å². The first kappa shape index (κ1) is 27.7. The van der Waals surface area contributed by atoms with Gasteiger partial charge in [0.25, 0.3) is 11.8 Å². The minimum absolute atomic E-state index is 0.126. The lowest BCUT2D eigenvalue weighted by Crippen LogP contribution is -2.71. The number of nitrogens with one attached hydrogen (secondary N) is 1. The highest BCUT2D eigenvalue weighted by Gasteiger charge is 2.54. The zero-order valence-corrected chi connectivity index (χ0v) is 22.4. The van der Waals surface area contributed by atoms with Crippen LogP contribution < -0.4 is 5.32 Å². The quantitative estimate of drug-likeness (QED) is 0.210. The van der Waals surface area contributed by atoms with E-state index in [2.05, 4.69) is 22.0 Å². The Labute approximate surface area is 220 Å². The Bertz CT molecular complexity index is 1130. The van der Waals surface area contributed by atoms with E-state index in [1.807, 2.05) is 0 Å².